The minimum Gasteiger partial charge on any atom is -0.298 e. The van der Waals surface area contributed by atoms with E-state index in [9.17, 15) is 14.0 Å². The monoisotopic (exact) mass is 344 g/mol. The summed E-state index contributed by atoms with van der Waals surface area (Å²) in [7, 11) is 0. The standard InChI is InChI=1S/C18H17FN2O2S/c19-7-8-21-17(22)15-14(10-24-16(15)20-18(21)23)13-6-5-11-3-1-2-4-12(11)9-13/h5-6,9-10H,1-4,7-8H2,(H,20,23). The van der Waals surface area contributed by atoms with Crippen molar-refractivity contribution in [2.24, 2.45) is 0 Å². The molecule has 2 aromatic heterocycles. The minimum absolute atomic E-state index is 0.219. The van der Waals surface area contributed by atoms with Crippen LogP contribution in [0.25, 0.3) is 21.3 Å². The highest BCUT2D eigenvalue weighted by molar-refractivity contribution is 7.17. The Morgan fingerprint density at radius 3 is 2.75 bits per heavy atom. The van der Waals surface area contributed by atoms with Gasteiger partial charge in [-0.05, 0) is 42.4 Å². The van der Waals surface area contributed by atoms with Gasteiger partial charge in [-0.1, -0.05) is 18.2 Å². The Bertz CT molecular complexity index is 1030. The number of fused-ring (bicyclic) bond motifs is 2. The van der Waals surface area contributed by atoms with Gasteiger partial charge in [-0.3, -0.25) is 14.3 Å². The van der Waals surface area contributed by atoms with Gasteiger partial charge in [-0.2, -0.15) is 0 Å². The van der Waals surface area contributed by atoms with E-state index in [2.05, 4.69) is 17.1 Å². The Balaban J connectivity index is 1.93. The number of thiophene rings is 1. The Kier molecular flexibility index (Phi) is 3.84. The van der Waals surface area contributed by atoms with E-state index in [0.29, 0.717) is 10.2 Å². The number of hydrogen-bond donors (Lipinski definition) is 1. The number of benzene rings is 1. The van der Waals surface area contributed by atoms with E-state index in [1.165, 1.54) is 35.3 Å². The minimum atomic E-state index is -0.743. The second kappa shape index (κ2) is 6.02. The van der Waals surface area contributed by atoms with Gasteiger partial charge in [-0.25, -0.2) is 9.18 Å². The summed E-state index contributed by atoms with van der Waals surface area (Å²) >= 11 is 1.34. The van der Waals surface area contributed by atoms with Crippen molar-refractivity contribution < 1.29 is 4.39 Å². The number of nitrogens with one attached hydrogen (secondary N) is 1. The van der Waals surface area contributed by atoms with E-state index in [0.717, 1.165) is 28.5 Å². The lowest BCUT2D eigenvalue weighted by Gasteiger charge is -2.16. The van der Waals surface area contributed by atoms with Gasteiger partial charge in [0, 0.05) is 10.9 Å². The Morgan fingerprint density at radius 2 is 1.96 bits per heavy atom. The third-order valence-corrected chi connectivity index (χ3v) is 5.58. The number of H-pyrrole nitrogens is 1. The molecular weight excluding hydrogens is 327 g/mol. The van der Waals surface area contributed by atoms with Crippen molar-refractivity contribution in [2.45, 2.75) is 32.2 Å². The van der Waals surface area contributed by atoms with Crippen molar-refractivity contribution in [2.75, 3.05) is 6.67 Å². The SMILES string of the molecule is O=c1[nH]c2scc(-c3ccc4c(c3)CCCC4)c2c(=O)n1CCF. The van der Waals surface area contributed by atoms with Crippen LogP contribution in [0.3, 0.4) is 0 Å². The Morgan fingerprint density at radius 1 is 1.17 bits per heavy atom. The summed E-state index contributed by atoms with van der Waals surface area (Å²) in [5.74, 6) is 0. The van der Waals surface area contributed by atoms with Crippen LogP contribution in [-0.2, 0) is 19.4 Å². The molecule has 0 amide bonds. The fourth-order valence-electron chi connectivity index (χ4n) is 3.46. The summed E-state index contributed by atoms with van der Waals surface area (Å²) in [5.41, 5.74) is 3.55. The van der Waals surface area contributed by atoms with Gasteiger partial charge in [0.15, 0.2) is 0 Å². The summed E-state index contributed by atoms with van der Waals surface area (Å²) in [6.07, 6.45) is 4.59. The largest absolute Gasteiger partial charge is 0.329 e. The van der Waals surface area contributed by atoms with Crippen LogP contribution in [0.5, 0.6) is 0 Å². The molecule has 1 aromatic carbocycles. The van der Waals surface area contributed by atoms with Crippen LogP contribution in [0.2, 0.25) is 0 Å². The predicted molar refractivity (Wildman–Crippen MR) is 94.8 cm³/mol. The fraction of sp³-hybridized carbons (Fsp3) is 0.333. The van der Waals surface area contributed by atoms with Crippen LogP contribution in [0.15, 0.2) is 33.2 Å². The van der Waals surface area contributed by atoms with Gasteiger partial charge < -0.3 is 0 Å². The quantitative estimate of drug-likeness (QED) is 0.793. The van der Waals surface area contributed by atoms with Crippen molar-refractivity contribution in [1.29, 1.82) is 0 Å². The smallest absolute Gasteiger partial charge is 0.298 e. The van der Waals surface area contributed by atoms with E-state index in [-0.39, 0.29) is 6.54 Å². The molecule has 0 saturated carbocycles. The molecule has 3 aromatic rings. The second-order valence-corrected chi connectivity index (χ2v) is 7.00. The highest BCUT2D eigenvalue weighted by Crippen LogP contribution is 2.33. The zero-order valence-corrected chi connectivity index (χ0v) is 13.9. The molecule has 0 atom stereocenters. The number of rotatable bonds is 3. The van der Waals surface area contributed by atoms with Crippen LogP contribution in [0.4, 0.5) is 4.39 Å². The summed E-state index contributed by atoms with van der Waals surface area (Å²) in [6, 6.07) is 6.33. The molecule has 0 spiro atoms. The lowest BCUT2D eigenvalue weighted by Crippen LogP contribution is -2.35. The van der Waals surface area contributed by atoms with Gasteiger partial charge in [0.25, 0.3) is 5.56 Å². The molecule has 0 saturated heterocycles. The van der Waals surface area contributed by atoms with Crippen molar-refractivity contribution in [1.82, 2.24) is 9.55 Å². The number of aryl methyl sites for hydroxylation is 2. The highest BCUT2D eigenvalue weighted by atomic mass is 32.1. The molecule has 4 nitrogen and oxygen atoms in total. The van der Waals surface area contributed by atoms with Gasteiger partial charge in [0.2, 0.25) is 0 Å². The zero-order valence-electron chi connectivity index (χ0n) is 13.1. The Labute approximate surface area is 141 Å². The van der Waals surface area contributed by atoms with Crippen LogP contribution >= 0.6 is 11.3 Å². The molecule has 1 aliphatic carbocycles. The number of alkyl halides is 1. The maximum Gasteiger partial charge on any atom is 0.329 e. The molecule has 0 bridgehead atoms. The predicted octanol–water partition coefficient (Wildman–Crippen LogP) is 3.27. The molecule has 0 aliphatic heterocycles. The van der Waals surface area contributed by atoms with Crippen LogP contribution in [-0.4, -0.2) is 16.2 Å². The molecule has 0 unspecified atom stereocenters. The van der Waals surface area contributed by atoms with Crippen molar-refractivity contribution in [3.05, 3.63) is 55.5 Å². The average Bonchev–Trinajstić information content (AvgIpc) is 3.02. The van der Waals surface area contributed by atoms with E-state index in [1.807, 2.05) is 11.4 Å². The molecule has 24 heavy (non-hydrogen) atoms. The molecule has 2 heterocycles. The molecular formula is C18H17FN2O2S. The summed E-state index contributed by atoms with van der Waals surface area (Å²) in [4.78, 5) is 27.8. The fourth-order valence-corrected chi connectivity index (χ4v) is 4.41. The topological polar surface area (TPSA) is 54.9 Å². The van der Waals surface area contributed by atoms with Gasteiger partial charge >= 0.3 is 5.69 Å². The Hall–Kier alpha value is -2.21. The maximum atomic E-state index is 12.7. The lowest BCUT2D eigenvalue weighted by atomic mass is 9.89. The van der Waals surface area contributed by atoms with Crippen LogP contribution < -0.4 is 11.2 Å². The first-order chi connectivity index (χ1) is 11.7. The number of aromatic nitrogens is 2. The molecule has 124 valence electrons. The molecule has 1 N–H and O–H groups in total. The van der Waals surface area contributed by atoms with Gasteiger partial charge in [0.05, 0.1) is 11.9 Å². The summed E-state index contributed by atoms with van der Waals surface area (Å²) in [5, 5.41) is 2.37. The van der Waals surface area contributed by atoms with Crippen LogP contribution in [0, 0.1) is 0 Å². The first-order valence-electron chi connectivity index (χ1n) is 8.11. The number of aromatic amines is 1. The number of hydrogen-bond acceptors (Lipinski definition) is 3. The van der Waals surface area contributed by atoms with Crippen LogP contribution in [0.1, 0.15) is 24.0 Å². The lowest BCUT2D eigenvalue weighted by molar-refractivity contribution is 0.434. The van der Waals surface area contributed by atoms with E-state index >= 15 is 0 Å². The van der Waals surface area contributed by atoms with Crippen molar-refractivity contribution in [3.63, 3.8) is 0 Å². The molecule has 4 rings (SSSR count). The van der Waals surface area contributed by atoms with E-state index in [1.54, 1.807) is 0 Å². The number of nitrogens with zero attached hydrogens (tertiary/aromatic N) is 1. The molecule has 6 heteroatoms. The molecule has 1 aliphatic rings. The first-order valence-corrected chi connectivity index (χ1v) is 8.99. The second-order valence-electron chi connectivity index (χ2n) is 6.12. The van der Waals surface area contributed by atoms with Crippen molar-refractivity contribution >= 4 is 21.6 Å². The normalized spacial score (nSPS) is 14.0. The highest BCUT2D eigenvalue weighted by Gasteiger charge is 2.16. The molecule has 0 radical (unpaired) electrons. The summed E-state index contributed by atoms with van der Waals surface area (Å²) < 4.78 is 13.6. The third kappa shape index (κ3) is 2.41. The van der Waals surface area contributed by atoms with Gasteiger partial charge in [0.1, 0.15) is 11.5 Å². The molecule has 0 fully saturated rings. The summed E-state index contributed by atoms with van der Waals surface area (Å²) in [6.45, 7) is -0.962. The zero-order chi connectivity index (χ0) is 16.7. The van der Waals surface area contributed by atoms with Crippen molar-refractivity contribution in [3.8, 4) is 11.1 Å². The van der Waals surface area contributed by atoms with Gasteiger partial charge in [-0.15, -0.1) is 11.3 Å². The average molecular weight is 344 g/mol. The number of halogens is 1. The van der Waals surface area contributed by atoms with E-state index in [4.69, 9.17) is 0 Å². The third-order valence-electron chi connectivity index (χ3n) is 4.68. The maximum absolute atomic E-state index is 12.7. The van der Waals surface area contributed by atoms with E-state index < -0.39 is 17.9 Å². The first kappa shape index (κ1) is 15.3.